The number of hydrogen-bond donors (Lipinski definition) is 2. The van der Waals surface area contributed by atoms with Crippen molar-refractivity contribution in [2.75, 3.05) is 5.73 Å². The number of H-pyrrole nitrogens is 2. The van der Waals surface area contributed by atoms with E-state index in [1.165, 1.54) is 0 Å². The van der Waals surface area contributed by atoms with Crippen LogP contribution in [-0.4, -0.2) is 9.97 Å². The number of nitrogens with one attached hydrogen (secondary N) is 2. The van der Waals surface area contributed by atoms with Crippen molar-refractivity contribution >= 4 is 5.95 Å². The summed E-state index contributed by atoms with van der Waals surface area (Å²) in [5.74, 6) is 0.646. The van der Waals surface area contributed by atoms with Crippen molar-refractivity contribution in [1.82, 2.24) is 9.97 Å². The molecule has 0 fully saturated rings. The Hall–Kier alpha value is -1.39. The molecule has 0 spiro atoms. The highest BCUT2D eigenvalue weighted by Gasteiger charge is 1.97. The van der Waals surface area contributed by atoms with Crippen molar-refractivity contribution in [2.24, 2.45) is 0 Å². The molecule has 0 amide bonds. The van der Waals surface area contributed by atoms with Crippen molar-refractivity contribution in [3.05, 3.63) is 16.3 Å². The first kappa shape index (κ1) is 5.74. The Bertz CT molecular complexity index is 242. The van der Waals surface area contributed by atoms with E-state index in [4.69, 9.17) is 5.73 Å². The average molecular weight is 127 g/mol. The topological polar surface area (TPSA) is 85.9 Å². The molecular formula is C4H7N4O+. The minimum absolute atomic E-state index is 0.135. The zero-order chi connectivity index (χ0) is 6.85. The molecule has 0 atom stereocenters. The SMILES string of the molecule is Cc1nc(N)[nH+]c(=O)[nH]1. The molecule has 5 heteroatoms. The van der Waals surface area contributed by atoms with Gasteiger partial charge in [-0.3, -0.25) is 0 Å². The Morgan fingerprint density at radius 2 is 2.44 bits per heavy atom. The van der Waals surface area contributed by atoms with Gasteiger partial charge in [0.25, 0.3) is 0 Å². The molecule has 1 heterocycles. The van der Waals surface area contributed by atoms with Gasteiger partial charge in [-0.15, -0.1) is 0 Å². The van der Waals surface area contributed by atoms with Gasteiger partial charge in [-0.05, 0) is 0 Å². The largest absolute Gasteiger partial charge is 0.413 e. The Morgan fingerprint density at radius 1 is 1.78 bits per heavy atom. The van der Waals surface area contributed by atoms with Crippen molar-refractivity contribution in [1.29, 1.82) is 0 Å². The Balaban J connectivity index is 3.33. The summed E-state index contributed by atoms with van der Waals surface area (Å²) in [7, 11) is 0. The van der Waals surface area contributed by atoms with Gasteiger partial charge >= 0.3 is 11.6 Å². The molecule has 48 valence electrons. The van der Waals surface area contributed by atoms with E-state index < -0.39 is 0 Å². The molecule has 0 radical (unpaired) electrons. The molecule has 5 nitrogen and oxygen atoms in total. The molecular weight excluding hydrogens is 120 g/mol. The molecule has 0 unspecified atom stereocenters. The Labute approximate surface area is 51.0 Å². The maximum absolute atomic E-state index is 10.5. The lowest BCUT2D eigenvalue weighted by atomic mass is 10.7. The maximum Gasteiger partial charge on any atom is 0.413 e. The molecule has 0 aromatic carbocycles. The summed E-state index contributed by atoms with van der Waals surface area (Å²) in [5, 5.41) is 0. The summed E-state index contributed by atoms with van der Waals surface area (Å²) >= 11 is 0. The summed E-state index contributed by atoms with van der Waals surface area (Å²) in [5.41, 5.74) is 4.84. The number of aromatic nitrogens is 3. The number of aryl methyl sites for hydroxylation is 1. The number of nitrogens with zero attached hydrogens (tertiary/aromatic N) is 1. The van der Waals surface area contributed by atoms with E-state index in [0.717, 1.165) is 0 Å². The van der Waals surface area contributed by atoms with E-state index in [9.17, 15) is 4.79 Å². The van der Waals surface area contributed by atoms with Crippen LogP contribution in [0.25, 0.3) is 0 Å². The minimum Gasteiger partial charge on any atom is -0.307 e. The third-order valence-electron chi connectivity index (χ3n) is 0.824. The molecule has 1 aromatic rings. The third kappa shape index (κ3) is 1.25. The number of nitrogen functional groups attached to an aromatic ring is 1. The number of anilines is 1. The van der Waals surface area contributed by atoms with Gasteiger partial charge in [0.2, 0.25) is 5.82 Å². The van der Waals surface area contributed by atoms with Gasteiger partial charge in [0.15, 0.2) is 0 Å². The van der Waals surface area contributed by atoms with E-state index in [-0.39, 0.29) is 11.6 Å². The number of aromatic amines is 2. The van der Waals surface area contributed by atoms with Crippen LogP contribution >= 0.6 is 0 Å². The van der Waals surface area contributed by atoms with Crippen LogP contribution < -0.4 is 16.4 Å². The fraction of sp³-hybridized carbons (Fsp3) is 0.250. The van der Waals surface area contributed by atoms with E-state index in [1.54, 1.807) is 6.92 Å². The van der Waals surface area contributed by atoms with Gasteiger partial charge in [-0.2, -0.15) is 0 Å². The summed E-state index contributed by atoms with van der Waals surface area (Å²) in [6.45, 7) is 1.66. The van der Waals surface area contributed by atoms with Crippen molar-refractivity contribution in [3.63, 3.8) is 0 Å². The second kappa shape index (κ2) is 1.85. The fourth-order valence-corrected chi connectivity index (χ4v) is 0.548. The predicted octanol–water partition coefficient (Wildman–Crippen LogP) is -1.53. The normalized spacial score (nSPS) is 9.44. The van der Waals surface area contributed by atoms with Crippen LogP contribution in [0.15, 0.2) is 4.79 Å². The third-order valence-corrected chi connectivity index (χ3v) is 0.824. The molecule has 1 rings (SSSR count). The molecule has 1 aromatic heterocycles. The molecule has 0 saturated carbocycles. The second-order valence-corrected chi connectivity index (χ2v) is 1.66. The fourth-order valence-electron chi connectivity index (χ4n) is 0.548. The van der Waals surface area contributed by atoms with Gasteiger partial charge in [0, 0.05) is 6.92 Å². The van der Waals surface area contributed by atoms with E-state index in [2.05, 4.69) is 15.0 Å². The molecule has 0 aliphatic carbocycles. The van der Waals surface area contributed by atoms with Crippen LogP contribution in [0.3, 0.4) is 0 Å². The zero-order valence-corrected chi connectivity index (χ0v) is 4.93. The van der Waals surface area contributed by atoms with Crippen molar-refractivity contribution < 1.29 is 4.98 Å². The van der Waals surface area contributed by atoms with E-state index in [0.29, 0.717) is 5.82 Å². The van der Waals surface area contributed by atoms with E-state index >= 15 is 0 Å². The summed E-state index contributed by atoms with van der Waals surface area (Å²) < 4.78 is 0. The molecule has 0 bridgehead atoms. The monoisotopic (exact) mass is 127 g/mol. The van der Waals surface area contributed by atoms with Crippen LogP contribution in [-0.2, 0) is 0 Å². The molecule has 0 saturated heterocycles. The number of rotatable bonds is 0. The quantitative estimate of drug-likeness (QED) is 0.443. The van der Waals surface area contributed by atoms with Crippen molar-refractivity contribution in [3.8, 4) is 0 Å². The first-order valence-corrected chi connectivity index (χ1v) is 2.44. The van der Waals surface area contributed by atoms with E-state index in [1.807, 2.05) is 0 Å². The van der Waals surface area contributed by atoms with Gasteiger partial charge in [0.05, 0.1) is 0 Å². The molecule has 4 N–H and O–H groups in total. The van der Waals surface area contributed by atoms with Crippen LogP contribution in [0.2, 0.25) is 0 Å². The number of hydrogen-bond acceptors (Lipinski definition) is 3. The molecule has 9 heavy (non-hydrogen) atoms. The summed E-state index contributed by atoms with van der Waals surface area (Å²) in [4.78, 5) is 18.9. The van der Waals surface area contributed by atoms with Crippen LogP contribution in [0.5, 0.6) is 0 Å². The Kier molecular flexibility index (Phi) is 1.18. The van der Waals surface area contributed by atoms with Gasteiger partial charge in [0.1, 0.15) is 0 Å². The second-order valence-electron chi connectivity index (χ2n) is 1.66. The van der Waals surface area contributed by atoms with Crippen molar-refractivity contribution in [2.45, 2.75) is 6.92 Å². The highest BCUT2D eigenvalue weighted by Crippen LogP contribution is 1.78. The number of nitrogens with two attached hydrogens (primary N) is 1. The lowest BCUT2D eigenvalue weighted by molar-refractivity contribution is -0.389. The lowest BCUT2D eigenvalue weighted by Crippen LogP contribution is -2.34. The first-order chi connectivity index (χ1) is 4.18. The highest BCUT2D eigenvalue weighted by atomic mass is 16.1. The Morgan fingerprint density at radius 3 is 2.89 bits per heavy atom. The predicted molar refractivity (Wildman–Crippen MR) is 30.6 cm³/mol. The lowest BCUT2D eigenvalue weighted by Gasteiger charge is -1.82. The van der Waals surface area contributed by atoms with Crippen LogP contribution in [0.4, 0.5) is 5.95 Å². The van der Waals surface area contributed by atoms with Gasteiger partial charge in [-0.1, -0.05) is 4.98 Å². The smallest absolute Gasteiger partial charge is 0.307 e. The van der Waals surface area contributed by atoms with Crippen LogP contribution in [0, 0.1) is 6.92 Å². The van der Waals surface area contributed by atoms with Gasteiger partial charge < -0.3 is 5.73 Å². The first-order valence-electron chi connectivity index (χ1n) is 2.44. The summed E-state index contributed by atoms with van der Waals surface area (Å²) in [6, 6.07) is 0. The van der Waals surface area contributed by atoms with Gasteiger partial charge in [-0.25, -0.2) is 14.8 Å². The molecule has 0 aliphatic heterocycles. The zero-order valence-electron chi connectivity index (χ0n) is 4.93. The molecule has 0 aliphatic rings. The summed E-state index contributed by atoms with van der Waals surface area (Å²) in [6.07, 6.45) is 0. The maximum atomic E-state index is 10.5. The minimum atomic E-state index is -0.333. The standard InChI is InChI=1S/C4H6N4O/c1-2-6-3(5)8-4(9)7-2/h1H3,(H3,5,6,7,8,9)/p+1. The highest BCUT2D eigenvalue weighted by molar-refractivity contribution is 5.02. The average Bonchev–Trinajstić information content (AvgIpc) is 1.59. The van der Waals surface area contributed by atoms with Crippen LogP contribution in [0.1, 0.15) is 5.82 Å².